The molecule has 18 heavy (non-hydrogen) atoms. The first kappa shape index (κ1) is 14.7. The second kappa shape index (κ2) is 7.88. The summed E-state index contributed by atoms with van der Waals surface area (Å²) in [7, 11) is 2.07. The monoisotopic (exact) mass is 248 g/mol. The molecule has 1 aromatic carbocycles. The summed E-state index contributed by atoms with van der Waals surface area (Å²) in [5, 5.41) is 2.96. The predicted molar refractivity (Wildman–Crippen MR) is 76.8 cm³/mol. The number of benzene rings is 1. The third kappa shape index (κ3) is 5.32. The van der Waals surface area contributed by atoms with E-state index in [1.807, 2.05) is 31.2 Å². The van der Waals surface area contributed by atoms with Crippen LogP contribution in [-0.2, 0) is 4.79 Å². The molecule has 0 bridgehead atoms. The van der Waals surface area contributed by atoms with E-state index in [4.69, 9.17) is 0 Å². The van der Waals surface area contributed by atoms with Gasteiger partial charge >= 0.3 is 0 Å². The lowest BCUT2D eigenvalue weighted by atomic mass is 10.2. The fourth-order valence-electron chi connectivity index (χ4n) is 1.76. The summed E-state index contributed by atoms with van der Waals surface area (Å²) in [6.07, 6.45) is 2.93. The molecule has 0 heterocycles. The van der Waals surface area contributed by atoms with Crippen molar-refractivity contribution in [1.29, 1.82) is 0 Å². The molecular weight excluding hydrogens is 224 g/mol. The summed E-state index contributed by atoms with van der Waals surface area (Å²) in [5.74, 6) is 0.0904. The van der Waals surface area contributed by atoms with E-state index >= 15 is 0 Å². The van der Waals surface area contributed by atoms with E-state index in [2.05, 4.69) is 24.2 Å². The Morgan fingerprint density at radius 3 is 2.67 bits per heavy atom. The Labute approximate surface area is 110 Å². The van der Waals surface area contributed by atoms with E-state index < -0.39 is 0 Å². The van der Waals surface area contributed by atoms with Gasteiger partial charge < -0.3 is 10.2 Å². The Kier molecular flexibility index (Phi) is 6.44. The number of rotatable bonds is 7. The fraction of sp³-hybridized carbons (Fsp3) is 0.533. The number of carbonyl (C=O) groups is 1. The maximum Gasteiger partial charge on any atom is 0.225 e. The second-order valence-electron chi connectivity index (χ2n) is 4.77. The molecule has 0 spiro atoms. The zero-order valence-corrected chi connectivity index (χ0v) is 11.7. The van der Waals surface area contributed by atoms with Gasteiger partial charge in [0.1, 0.15) is 0 Å². The summed E-state index contributed by atoms with van der Waals surface area (Å²) in [5.41, 5.74) is 2.02. The van der Waals surface area contributed by atoms with Gasteiger partial charge in [-0.1, -0.05) is 31.5 Å². The zero-order valence-electron chi connectivity index (χ0n) is 11.7. The highest BCUT2D eigenvalue weighted by atomic mass is 16.1. The van der Waals surface area contributed by atoms with Crippen molar-refractivity contribution < 1.29 is 4.79 Å². The first-order chi connectivity index (χ1) is 8.63. The molecule has 0 saturated carbocycles. The van der Waals surface area contributed by atoms with Gasteiger partial charge in [-0.15, -0.1) is 0 Å². The predicted octanol–water partition coefficient (Wildman–Crippen LogP) is 3.06. The van der Waals surface area contributed by atoms with Crippen molar-refractivity contribution in [1.82, 2.24) is 4.90 Å². The van der Waals surface area contributed by atoms with Crippen LogP contribution in [0.5, 0.6) is 0 Å². The minimum absolute atomic E-state index is 0.0904. The average Bonchev–Trinajstić information content (AvgIpc) is 2.36. The lowest BCUT2D eigenvalue weighted by Gasteiger charge is -2.16. The molecule has 1 N–H and O–H groups in total. The van der Waals surface area contributed by atoms with Gasteiger partial charge in [0, 0.05) is 18.7 Å². The van der Waals surface area contributed by atoms with E-state index in [-0.39, 0.29) is 5.91 Å². The molecule has 1 aromatic rings. The first-order valence-corrected chi connectivity index (χ1v) is 6.67. The van der Waals surface area contributed by atoms with Crippen LogP contribution >= 0.6 is 0 Å². The molecule has 0 saturated heterocycles. The van der Waals surface area contributed by atoms with Crippen LogP contribution in [0.1, 0.15) is 31.7 Å². The number of nitrogens with one attached hydrogen (secondary N) is 1. The van der Waals surface area contributed by atoms with E-state index in [0.29, 0.717) is 6.42 Å². The van der Waals surface area contributed by atoms with E-state index in [0.717, 1.165) is 24.3 Å². The smallest absolute Gasteiger partial charge is 0.225 e. The van der Waals surface area contributed by atoms with Crippen LogP contribution in [-0.4, -0.2) is 30.9 Å². The molecule has 1 rings (SSSR count). The van der Waals surface area contributed by atoms with Gasteiger partial charge in [0.05, 0.1) is 0 Å². The topological polar surface area (TPSA) is 32.3 Å². The van der Waals surface area contributed by atoms with Crippen LogP contribution in [0.2, 0.25) is 0 Å². The SMILES string of the molecule is CCCCN(C)CCC(=O)Nc1ccccc1C. The van der Waals surface area contributed by atoms with Crippen LogP contribution in [0.15, 0.2) is 24.3 Å². The number of hydrogen-bond acceptors (Lipinski definition) is 2. The van der Waals surface area contributed by atoms with Gasteiger partial charge in [0.2, 0.25) is 5.91 Å². The van der Waals surface area contributed by atoms with Crippen molar-refractivity contribution >= 4 is 11.6 Å². The van der Waals surface area contributed by atoms with Crippen LogP contribution in [0.3, 0.4) is 0 Å². The van der Waals surface area contributed by atoms with Crippen molar-refractivity contribution in [2.24, 2.45) is 0 Å². The highest BCUT2D eigenvalue weighted by molar-refractivity contribution is 5.91. The summed E-state index contributed by atoms with van der Waals surface area (Å²) in [6.45, 7) is 6.06. The van der Waals surface area contributed by atoms with Gasteiger partial charge in [-0.05, 0) is 38.6 Å². The third-order valence-electron chi connectivity index (χ3n) is 3.03. The Balaban J connectivity index is 2.32. The second-order valence-corrected chi connectivity index (χ2v) is 4.77. The van der Waals surface area contributed by atoms with Gasteiger partial charge in [-0.2, -0.15) is 0 Å². The van der Waals surface area contributed by atoms with Gasteiger partial charge in [-0.3, -0.25) is 4.79 Å². The quantitative estimate of drug-likeness (QED) is 0.804. The normalized spacial score (nSPS) is 10.7. The largest absolute Gasteiger partial charge is 0.326 e. The highest BCUT2D eigenvalue weighted by Crippen LogP contribution is 2.13. The molecule has 0 aromatic heterocycles. The molecule has 3 nitrogen and oxygen atoms in total. The molecule has 3 heteroatoms. The minimum Gasteiger partial charge on any atom is -0.326 e. The van der Waals surface area contributed by atoms with Crippen molar-refractivity contribution in [3.8, 4) is 0 Å². The number of unbranched alkanes of at least 4 members (excludes halogenated alkanes) is 1. The Morgan fingerprint density at radius 1 is 1.28 bits per heavy atom. The lowest BCUT2D eigenvalue weighted by Crippen LogP contribution is -2.25. The number of carbonyl (C=O) groups excluding carboxylic acids is 1. The van der Waals surface area contributed by atoms with Crippen molar-refractivity contribution in [2.75, 3.05) is 25.5 Å². The molecule has 0 fully saturated rings. The standard InChI is InChI=1S/C15H24N2O/c1-4-5-11-17(3)12-10-15(18)16-14-9-7-6-8-13(14)2/h6-9H,4-5,10-12H2,1-3H3,(H,16,18). The zero-order chi connectivity index (χ0) is 13.4. The summed E-state index contributed by atoms with van der Waals surface area (Å²) < 4.78 is 0. The first-order valence-electron chi connectivity index (χ1n) is 6.67. The Bertz CT molecular complexity index is 377. The number of amides is 1. The summed E-state index contributed by atoms with van der Waals surface area (Å²) in [6, 6.07) is 7.86. The van der Waals surface area contributed by atoms with Crippen LogP contribution in [0.4, 0.5) is 5.69 Å². The van der Waals surface area contributed by atoms with Crippen LogP contribution in [0.25, 0.3) is 0 Å². The minimum atomic E-state index is 0.0904. The number of anilines is 1. The van der Waals surface area contributed by atoms with Crippen LogP contribution < -0.4 is 5.32 Å². The molecule has 0 aliphatic rings. The highest BCUT2D eigenvalue weighted by Gasteiger charge is 2.05. The maximum absolute atomic E-state index is 11.8. The summed E-state index contributed by atoms with van der Waals surface area (Å²) in [4.78, 5) is 14.0. The molecule has 0 aliphatic carbocycles. The van der Waals surface area contributed by atoms with Crippen molar-refractivity contribution in [3.05, 3.63) is 29.8 Å². The number of nitrogens with zero attached hydrogens (tertiary/aromatic N) is 1. The molecule has 100 valence electrons. The van der Waals surface area contributed by atoms with E-state index in [1.54, 1.807) is 0 Å². The number of para-hydroxylation sites is 1. The van der Waals surface area contributed by atoms with Gasteiger partial charge in [0.15, 0.2) is 0 Å². The van der Waals surface area contributed by atoms with Crippen molar-refractivity contribution in [2.45, 2.75) is 33.1 Å². The average molecular weight is 248 g/mol. The van der Waals surface area contributed by atoms with Crippen molar-refractivity contribution in [3.63, 3.8) is 0 Å². The van der Waals surface area contributed by atoms with Gasteiger partial charge in [0.25, 0.3) is 0 Å². The molecule has 0 unspecified atom stereocenters. The molecule has 0 radical (unpaired) electrons. The summed E-state index contributed by atoms with van der Waals surface area (Å²) >= 11 is 0. The lowest BCUT2D eigenvalue weighted by molar-refractivity contribution is -0.116. The molecule has 1 amide bonds. The Hall–Kier alpha value is -1.35. The number of aryl methyl sites for hydroxylation is 1. The third-order valence-corrected chi connectivity index (χ3v) is 3.03. The Morgan fingerprint density at radius 2 is 2.00 bits per heavy atom. The van der Waals surface area contributed by atoms with Gasteiger partial charge in [-0.25, -0.2) is 0 Å². The maximum atomic E-state index is 11.8. The van der Waals surface area contributed by atoms with E-state index in [1.165, 1.54) is 12.8 Å². The van der Waals surface area contributed by atoms with Crippen LogP contribution in [0, 0.1) is 6.92 Å². The number of hydrogen-bond donors (Lipinski definition) is 1. The van der Waals surface area contributed by atoms with E-state index in [9.17, 15) is 4.79 Å². The molecule has 0 aliphatic heterocycles. The fourth-order valence-corrected chi connectivity index (χ4v) is 1.76. The molecule has 0 atom stereocenters. The molecular formula is C15H24N2O.